The number of ether oxygens (including phenoxy) is 1. The predicted molar refractivity (Wildman–Crippen MR) is 97.0 cm³/mol. The zero-order chi connectivity index (χ0) is 18.9. The molecule has 134 valence electrons. The molecule has 0 spiro atoms. The van der Waals surface area contributed by atoms with Gasteiger partial charge in [0.05, 0.1) is 11.3 Å². The molecule has 1 amide bonds. The second kappa shape index (κ2) is 7.09. The smallest absolute Gasteiger partial charge is 0.339 e. The predicted octanol–water partition coefficient (Wildman–Crippen LogP) is 3.07. The van der Waals surface area contributed by atoms with Gasteiger partial charge in [0.15, 0.2) is 6.61 Å². The zero-order valence-electron chi connectivity index (χ0n) is 15.9. The minimum atomic E-state index is -0.475. The van der Waals surface area contributed by atoms with Gasteiger partial charge in [0.1, 0.15) is 5.82 Å². The molecule has 0 fully saturated rings. The summed E-state index contributed by atoms with van der Waals surface area (Å²) >= 11 is 0. The van der Waals surface area contributed by atoms with Crippen molar-refractivity contribution in [3.63, 3.8) is 0 Å². The van der Waals surface area contributed by atoms with Gasteiger partial charge in [-0.05, 0) is 69.4 Å². The van der Waals surface area contributed by atoms with Crippen LogP contribution in [0.25, 0.3) is 0 Å². The van der Waals surface area contributed by atoms with E-state index in [-0.39, 0.29) is 6.61 Å². The molecule has 0 saturated carbocycles. The lowest BCUT2D eigenvalue weighted by molar-refractivity contribution is -0.119. The Morgan fingerprint density at radius 1 is 1.00 bits per heavy atom. The number of hydrogen-bond acceptors (Lipinski definition) is 4. The number of nitrogens with zero attached hydrogens (tertiary/aromatic N) is 2. The van der Waals surface area contributed by atoms with Gasteiger partial charge in [-0.1, -0.05) is 0 Å². The molecule has 1 aromatic carbocycles. The maximum atomic E-state index is 12.5. The van der Waals surface area contributed by atoms with Crippen LogP contribution in [0.4, 0.5) is 5.82 Å². The summed E-state index contributed by atoms with van der Waals surface area (Å²) in [5.74, 6) is -0.308. The number of anilines is 1. The summed E-state index contributed by atoms with van der Waals surface area (Å²) in [6.07, 6.45) is 0. The van der Waals surface area contributed by atoms with Gasteiger partial charge in [-0.3, -0.25) is 9.48 Å². The summed E-state index contributed by atoms with van der Waals surface area (Å²) < 4.78 is 6.81. The second-order valence-corrected chi connectivity index (χ2v) is 6.42. The third-order valence-electron chi connectivity index (χ3n) is 4.81. The van der Waals surface area contributed by atoms with Crippen molar-refractivity contribution < 1.29 is 14.3 Å². The molecular weight excluding hydrogens is 318 g/mol. The van der Waals surface area contributed by atoms with E-state index in [4.69, 9.17) is 4.74 Å². The van der Waals surface area contributed by atoms with Gasteiger partial charge in [0.25, 0.3) is 5.91 Å². The van der Waals surface area contributed by atoms with Crippen LogP contribution < -0.4 is 5.32 Å². The molecule has 0 aliphatic carbocycles. The number of esters is 1. The SMILES string of the molecule is Cc1cc(NC(=O)COC(=O)c2c(C)c(C)c(C)c(C)c2C)n(C)n1. The molecule has 0 bridgehead atoms. The summed E-state index contributed by atoms with van der Waals surface area (Å²) in [5, 5.41) is 6.84. The third kappa shape index (κ3) is 3.73. The minimum Gasteiger partial charge on any atom is -0.452 e. The van der Waals surface area contributed by atoms with Crippen molar-refractivity contribution in [2.45, 2.75) is 41.5 Å². The fourth-order valence-corrected chi connectivity index (χ4v) is 2.92. The molecule has 2 aromatic rings. The average Bonchev–Trinajstić information content (AvgIpc) is 2.86. The van der Waals surface area contributed by atoms with Crippen LogP contribution >= 0.6 is 0 Å². The molecule has 25 heavy (non-hydrogen) atoms. The van der Waals surface area contributed by atoms with Crippen molar-refractivity contribution in [2.75, 3.05) is 11.9 Å². The van der Waals surface area contributed by atoms with Crippen LogP contribution in [0.15, 0.2) is 6.07 Å². The molecular formula is C19H25N3O3. The van der Waals surface area contributed by atoms with E-state index in [1.54, 1.807) is 17.8 Å². The molecule has 0 aliphatic rings. The lowest BCUT2D eigenvalue weighted by Crippen LogP contribution is -2.23. The lowest BCUT2D eigenvalue weighted by atomic mass is 9.90. The number of aryl methyl sites for hydroxylation is 2. The first kappa shape index (κ1) is 18.7. The Bertz CT molecular complexity index is 821. The molecule has 1 heterocycles. The first-order chi connectivity index (χ1) is 11.6. The molecule has 1 N–H and O–H groups in total. The van der Waals surface area contributed by atoms with Crippen molar-refractivity contribution in [2.24, 2.45) is 7.05 Å². The number of carbonyl (C=O) groups excluding carboxylic acids is 2. The Hall–Kier alpha value is -2.63. The molecule has 0 aliphatic heterocycles. The van der Waals surface area contributed by atoms with Crippen molar-refractivity contribution in [3.8, 4) is 0 Å². The normalized spacial score (nSPS) is 10.7. The van der Waals surface area contributed by atoms with Crippen LogP contribution in [0.2, 0.25) is 0 Å². The van der Waals surface area contributed by atoms with Gasteiger partial charge in [-0.2, -0.15) is 5.10 Å². The summed E-state index contributed by atoms with van der Waals surface area (Å²) in [4.78, 5) is 24.5. The Balaban J connectivity index is 2.11. The summed E-state index contributed by atoms with van der Waals surface area (Å²) in [6.45, 7) is 11.3. The summed E-state index contributed by atoms with van der Waals surface area (Å²) in [7, 11) is 1.74. The standard InChI is InChI=1S/C19H25N3O3/c1-10-8-16(22(7)21-10)20-17(23)9-25-19(24)18-14(5)12(3)11(2)13(4)15(18)6/h8H,9H2,1-7H3,(H,20,23). The van der Waals surface area contributed by atoms with Gasteiger partial charge in [-0.15, -0.1) is 0 Å². The van der Waals surface area contributed by atoms with E-state index in [0.717, 1.165) is 27.9 Å². The van der Waals surface area contributed by atoms with Crippen molar-refractivity contribution in [3.05, 3.63) is 45.1 Å². The Kier molecular flexibility index (Phi) is 5.30. The fraction of sp³-hybridized carbons (Fsp3) is 0.421. The Morgan fingerprint density at radius 2 is 1.52 bits per heavy atom. The number of aromatic nitrogens is 2. The van der Waals surface area contributed by atoms with Crippen molar-refractivity contribution >= 4 is 17.7 Å². The molecule has 1 aromatic heterocycles. The topological polar surface area (TPSA) is 73.2 Å². The third-order valence-corrected chi connectivity index (χ3v) is 4.81. The van der Waals surface area contributed by atoms with Gasteiger partial charge >= 0.3 is 5.97 Å². The van der Waals surface area contributed by atoms with Crippen LogP contribution in [-0.4, -0.2) is 28.3 Å². The van der Waals surface area contributed by atoms with Crippen LogP contribution in [0.3, 0.4) is 0 Å². The molecule has 0 radical (unpaired) electrons. The number of hydrogen-bond donors (Lipinski definition) is 1. The van der Waals surface area contributed by atoms with Crippen LogP contribution in [0, 0.1) is 41.5 Å². The first-order valence-electron chi connectivity index (χ1n) is 8.18. The van der Waals surface area contributed by atoms with E-state index in [1.165, 1.54) is 5.56 Å². The highest BCUT2D eigenvalue weighted by Crippen LogP contribution is 2.26. The number of benzene rings is 1. The van der Waals surface area contributed by atoms with Crippen LogP contribution in [0.1, 0.15) is 43.9 Å². The highest BCUT2D eigenvalue weighted by molar-refractivity contribution is 5.97. The van der Waals surface area contributed by atoms with E-state index in [0.29, 0.717) is 11.4 Å². The highest BCUT2D eigenvalue weighted by atomic mass is 16.5. The van der Waals surface area contributed by atoms with Gasteiger partial charge in [0.2, 0.25) is 0 Å². The van der Waals surface area contributed by atoms with Gasteiger partial charge < -0.3 is 10.1 Å². The molecule has 0 atom stereocenters. The maximum Gasteiger partial charge on any atom is 0.339 e. The van der Waals surface area contributed by atoms with E-state index in [1.807, 2.05) is 41.5 Å². The minimum absolute atomic E-state index is 0.339. The lowest BCUT2D eigenvalue weighted by Gasteiger charge is -2.17. The van der Waals surface area contributed by atoms with Gasteiger partial charge in [0, 0.05) is 13.1 Å². The monoisotopic (exact) mass is 343 g/mol. The first-order valence-corrected chi connectivity index (χ1v) is 8.18. The average molecular weight is 343 g/mol. The van der Waals surface area contributed by atoms with E-state index in [9.17, 15) is 9.59 Å². The van der Waals surface area contributed by atoms with Crippen molar-refractivity contribution in [1.82, 2.24) is 9.78 Å². The molecule has 2 rings (SSSR count). The zero-order valence-corrected chi connectivity index (χ0v) is 15.9. The number of carbonyl (C=O) groups is 2. The molecule has 6 heteroatoms. The Morgan fingerprint density at radius 3 is 2.00 bits per heavy atom. The van der Waals surface area contributed by atoms with E-state index in [2.05, 4.69) is 10.4 Å². The maximum absolute atomic E-state index is 12.5. The quantitative estimate of drug-likeness (QED) is 0.866. The second-order valence-electron chi connectivity index (χ2n) is 6.42. The van der Waals surface area contributed by atoms with E-state index >= 15 is 0 Å². The highest BCUT2D eigenvalue weighted by Gasteiger charge is 2.20. The number of nitrogens with one attached hydrogen (secondary N) is 1. The van der Waals surface area contributed by atoms with Gasteiger partial charge in [-0.25, -0.2) is 4.79 Å². The molecule has 6 nitrogen and oxygen atoms in total. The largest absolute Gasteiger partial charge is 0.452 e. The number of rotatable bonds is 4. The number of amides is 1. The van der Waals surface area contributed by atoms with Crippen LogP contribution in [-0.2, 0) is 16.6 Å². The van der Waals surface area contributed by atoms with Crippen molar-refractivity contribution in [1.29, 1.82) is 0 Å². The molecule has 0 saturated heterocycles. The molecule has 0 unspecified atom stereocenters. The Labute approximate surface area is 148 Å². The van der Waals surface area contributed by atoms with Crippen LogP contribution in [0.5, 0.6) is 0 Å². The van der Waals surface area contributed by atoms with E-state index < -0.39 is 11.9 Å². The summed E-state index contributed by atoms with van der Waals surface area (Å²) in [6, 6.07) is 1.75. The summed E-state index contributed by atoms with van der Waals surface area (Å²) in [5.41, 5.74) is 6.46. The fourth-order valence-electron chi connectivity index (χ4n) is 2.92.